The molecule has 0 saturated carbocycles. The summed E-state index contributed by atoms with van der Waals surface area (Å²) in [4.78, 5) is 2.31. The lowest BCUT2D eigenvalue weighted by Crippen LogP contribution is -2.54. The second-order valence-electron chi connectivity index (χ2n) is 5.74. The summed E-state index contributed by atoms with van der Waals surface area (Å²) in [6.07, 6.45) is -0.428. The summed E-state index contributed by atoms with van der Waals surface area (Å²) in [6, 6.07) is 8.09. The van der Waals surface area contributed by atoms with Gasteiger partial charge in [-0.05, 0) is 26.3 Å². The van der Waals surface area contributed by atoms with Gasteiger partial charge in [0.05, 0.1) is 19.3 Å². The number of aliphatic hydroxyl groups is 1. The van der Waals surface area contributed by atoms with Gasteiger partial charge in [0, 0.05) is 18.6 Å². The predicted molar refractivity (Wildman–Crippen MR) is 72.6 cm³/mol. The van der Waals surface area contributed by atoms with Crippen molar-refractivity contribution in [3.05, 3.63) is 35.4 Å². The van der Waals surface area contributed by atoms with Crippen LogP contribution >= 0.6 is 0 Å². The van der Waals surface area contributed by atoms with E-state index in [0.717, 1.165) is 25.3 Å². The van der Waals surface area contributed by atoms with Gasteiger partial charge in [-0.25, -0.2) is 0 Å². The lowest BCUT2D eigenvalue weighted by molar-refractivity contribution is -0.0667. The number of β-amino-alcohol motifs (C(OH)–C–C–N with tert-alkyl or cyclic N) is 1. The number of aryl methyl sites for hydroxylation is 1. The minimum Gasteiger partial charge on any atom is -0.387 e. The second kappa shape index (κ2) is 5.39. The zero-order chi connectivity index (χ0) is 13.2. The number of morpholine rings is 1. The van der Waals surface area contributed by atoms with Crippen molar-refractivity contribution in [2.75, 3.05) is 26.3 Å². The first-order valence-electron chi connectivity index (χ1n) is 6.56. The van der Waals surface area contributed by atoms with Gasteiger partial charge in [-0.1, -0.05) is 29.8 Å². The topological polar surface area (TPSA) is 32.7 Å². The van der Waals surface area contributed by atoms with Crippen molar-refractivity contribution in [1.82, 2.24) is 4.90 Å². The number of ether oxygens (including phenoxy) is 1. The first-order valence-corrected chi connectivity index (χ1v) is 6.56. The number of hydrogen-bond acceptors (Lipinski definition) is 3. The summed E-state index contributed by atoms with van der Waals surface area (Å²) < 4.78 is 5.50. The SMILES string of the molecule is Cc1cccc(C(O)CN2CCOCC2(C)C)c1. The van der Waals surface area contributed by atoms with E-state index in [1.165, 1.54) is 5.56 Å². The van der Waals surface area contributed by atoms with Gasteiger partial charge >= 0.3 is 0 Å². The van der Waals surface area contributed by atoms with Gasteiger partial charge in [0.25, 0.3) is 0 Å². The molecule has 0 aliphatic carbocycles. The fourth-order valence-corrected chi connectivity index (χ4v) is 2.42. The summed E-state index contributed by atoms with van der Waals surface area (Å²) in [6.45, 7) is 9.41. The number of hydrogen-bond donors (Lipinski definition) is 1. The molecule has 3 nitrogen and oxygen atoms in total. The predicted octanol–water partition coefficient (Wildman–Crippen LogP) is 2.14. The van der Waals surface area contributed by atoms with E-state index in [0.29, 0.717) is 6.54 Å². The molecule has 1 heterocycles. The summed E-state index contributed by atoms with van der Waals surface area (Å²) in [5.74, 6) is 0. The molecule has 3 heteroatoms. The lowest BCUT2D eigenvalue weighted by atomic mass is 10.00. The van der Waals surface area contributed by atoms with Crippen LogP contribution in [0.15, 0.2) is 24.3 Å². The van der Waals surface area contributed by atoms with Crippen molar-refractivity contribution in [2.24, 2.45) is 0 Å². The molecule has 1 saturated heterocycles. The molecule has 0 amide bonds. The maximum atomic E-state index is 10.3. The largest absolute Gasteiger partial charge is 0.387 e. The van der Waals surface area contributed by atoms with Crippen LogP contribution in [0.1, 0.15) is 31.1 Å². The van der Waals surface area contributed by atoms with E-state index >= 15 is 0 Å². The van der Waals surface area contributed by atoms with Crippen molar-refractivity contribution < 1.29 is 9.84 Å². The van der Waals surface area contributed by atoms with Crippen LogP contribution in [0.25, 0.3) is 0 Å². The molecule has 1 unspecified atom stereocenters. The van der Waals surface area contributed by atoms with E-state index in [4.69, 9.17) is 4.74 Å². The van der Waals surface area contributed by atoms with E-state index in [2.05, 4.69) is 37.8 Å². The van der Waals surface area contributed by atoms with Crippen LogP contribution in [0.4, 0.5) is 0 Å². The number of rotatable bonds is 3. The minimum atomic E-state index is -0.428. The van der Waals surface area contributed by atoms with Crippen molar-refractivity contribution in [2.45, 2.75) is 32.4 Å². The third-order valence-corrected chi connectivity index (χ3v) is 3.64. The molecule has 1 aliphatic heterocycles. The Kier molecular flexibility index (Phi) is 4.05. The Balaban J connectivity index is 2.04. The first kappa shape index (κ1) is 13.5. The van der Waals surface area contributed by atoms with Crippen LogP contribution in [0.2, 0.25) is 0 Å². The Morgan fingerprint density at radius 2 is 2.22 bits per heavy atom. The normalized spacial score (nSPS) is 21.8. The molecule has 18 heavy (non-hydrogen) atoms. The average molecular weight is 249 g/mol. The van der Waals surface area contributed by atoms with Crippen molar-refractivity contribution in [1.29, 1.82) is 0 Å². The van der Waals surface area contributed by atoms with E-state index in [9.17, 15) is 5.11 Å². The standard InChI is InChI=1S/C15H23NO2/c1-12-5-4-6-13(9-12)14(17)10-16-7-8-18-11-15(16,2)3/h4-6,9,14,17H,7-8,10-11H2,1-3H3. The first-order chi connectivity index (χ1) is 8.49. The summed E-state index contributed by atoms with van der Waals surface area (Å²) in [5.41, 5.74) is 2.19. The Hall–Kier alpha value is -0.900. The van der Waals surface area contributed by atoms with Crippen LogP contribution in [-0.2, 0) is 4.74 Å². The van der Waals surface area contributed by atoms with Gasteiger partial charge in [-0.15, -0.1) is 0 Å². The number of benzene rings is 1. The second-order valence-corrected chi connectivity index (χ2v) is 5.74. The lowest BCUT2D eigenvalue weighted by Gasteiger charge is -2.43. The summed E-state index contributed by atoms with van der Waals surface area (Å²) in [5, 5.41) is 10.3. The highest BCUT2D eigenvalue weighted by Gasteiger charge is 2.31. The molecule has 0 radical (unpaired) electrons. The van der Waals surface area contributed by atoms with Gasteiger partial charge in [-0.3, -0.25) is 4.90 Å². The average Bonchev–Trinajstić information content (AvgIpc) is 2.31. The third-order valence-electron chi connectivity index (χ3n) is 3.64. The van der Waals surface area contributed by atoms with Gasteiger partial charge in [0.2, 0.25) is 0 Å². The molecule has 1 fully saturated rings. The van der Waals surface area contributed by atoms with E-state index in [1.807, 2.05) is 12.1 Å². The molecule has 1 N–H and O–H groups in total. The molecule has 1 aromatic rings. The van der Waals surface area contributed by atoms with E-state index in [-0.39, 0.29) is 5.54 Å². The van der Waals surface area contributed by atoms with E-state index in [1.54, 1.807) is 0 Å². The fraction of sp³-hybridized carbons (Fsp3) is 0.600. The highest BCUT2D eigenvalue weighted by atomic mass is 16.5. The Morgan fingerprint density at radius 1 is 1.44 bits per heavy atom. The molecule has 0 bridgehead atoms. The Morgan fingerprint density at radius 3 is 2.89 bits per heavy atom. The molecule has 0 spiro atoms. The highest BCUT2D eigenvalue weighted by molar-refractivity contribution is 5.24. The third kappa shape index (κ3) is 3.10. The summed E-state index contributed by atoms with van der Waals surface area (Å²) in [7, 11) is 0. The minimum absolute atomic E-state index is 0.00303. The van der Waals surface area contributed by atoms with Gasteiger partial charge in [0.1, 0.15) is 0 Å². The summed E-state index contributed by atoms with van der Waals surface area (Å²) >= 11 is 0. The van der Waals surface area contributed by atoms with Crippen LogP contribution in [-0.4, -0.2) is 41.8 Å². The molecule has 1 atom stereocenters. The van der Waals surface area contributed by atoms with Crippen molar-refractivity contribution >= 4 is 0 Å². The fourth-order valence-electron chi connectivity index (χ4n) is 2.42. The molecule has 1 aliphatic rings. The monoisotopic (exact) mass is 249 g/mol. The highest BCUT2D eigenvalue weighted by Crippen LogP contribution is 2.23. The Bertz CT molecular complexity index is 403. The van der Waals surface area contributed by atoms with Crippen LogP contribution in [0, 0.1) is 6.92 Å². The molecule has 2 rings (SSSR count). The smallest absolute Gasteiger partial charge is 0.0917 e. The maximum Gasteiger partial charge on any atom is 0.0917 e. The Labute approximate surface area is 109 Å². The number of aliphatic hydroxyl groups excluding tert-OH is 1. The molecule has 1 aromatic carbocycles. The molecule has 100 valence electrons. The zero-order valence-corrected chi connectivity index (χ0v) is 11.5. The number of nitrogens with zero attached hydrogens (tertiary/aromatic N) is 1. The maximum absolute atomic E-state index is 10.3. The molecular weight excluding hydrogens is 226 g/mol. The van der Waals surface area contributed by atoms with Gasteiger partial charge < -0.3 is 9.84 Å². The zero-order valence-electron chi connectivity index (χ0n) is 11.5. The quantitative estimate of drug-likeness (QED) is 0.891. The van der Waals surface area contributed by atoms with E-state index < -0.39 is 6.10 Å². The van der Waals surface area contributed by atoms with Crippen LogP contribution in [0.5, 0.6) is 0 Å². The molecular formula is C15H23NO2. The molecule has 0 aromatic heterocycles. The van der Waals surface area contributed by atoms with Crippen LogP contribution in [0.3, 0.4) is 0 Å². The van der Waals surface area contributed by atoms with Crippen molar-refractivity contribution in [3.8, 4) is 0 Å². The van der Waals surface area contributed by atoms with Gasteiger partial charge in [0.15, 0.2) is 0 Å². The van der Waals surface area contributed by atoms with Gasteiger partial charge in [-0.2, -0.15) is 0 Å². The van der Waals surface area contributed by atoms with Crippen molar-refractivity contribution in [3.63, 3.8) is 0 Å². The van der Waals surface area contributed by atoms with Crippen LogP contribution < -0.4 is 0 Å².